The number of carbonyl (C=O) groups is 18. The minimum atomic E-state index is -1.96. The van der Waals surface area contributed by atoms with E-state index in [2.05, 4.69) is 90.4 Å². The summed E-state index contributed by atoms with van der Waals surface area (Å²) in [5.41, 5.74) is 24.1. The highest BCUT2D eigenvalue weighted by atomic mass is 33.1. The molecule has 0 bridgehead atoms. The van der Waals surface area contributed by atoms with Crippen molar-refractivity contribution < 1.29 is 112 Å². The summed E-state index contributed by atoms with van der Waals surface area (Å²) >= 11 is 0. The third-order valence-electron chi connectivity index (χ3n) is 19.4. The Morgan fingerprint density at radius 2 is 1.06 bits per heavy atom. The van der Waals surface area contributed by atoms with E-state index in [0.29, 0.717) is 32.7 Å². The summed E-state index contributed by atoms with van der Waals surface area (Å²) in [7, 11) is 1.34. The fourth-order valence-electron chi connectivity index (χ4n) is 12.2. The number of primary amides is 1. The molecule has 1 heterocycles. The Morgan fingerprint density at radius 1 is 0.532 bits per heavy atom. The Hall–Kier alpha value is -12.2. The molecule has 700 valence electrons. The van der Waals surface area contributed by atoms with Crippen molar-refractivity contribution in [2.24, 2.45) is 46.6 Å². The number of benzene rings is 2. The normalized spacial score (nSPS) is 19.7. The van der Waals surface area contributed by atoms with Crippen LogP contribution in [0.1, 0.15) is 131 Å². The molecule has 1 saturated heterocycles. The third-order valence-corrected chi connectivity index (χ3v) is 21.8. The van der Waals surface area contributed by atoms with Crippen molar-refractivity contribution in [3.05, 3.63) is 65.7 Å². The maximum Gasteiger partial charge on any atom is 0.326 e. The molecule has 1 aliphatic rings. The highest BCUT2D eigenvalue weighted by Gasteiger charge is 2.40. The van der Waals surface area contributed by atoms with Gasteiger partial charge in [-0.05, 0) is 98.3 Å². The predicted molar refractivity (Wildman–Crippen MR) is 460 cm³/mol. The van der Waals surface area contributed by atoms with Gasteiger partial charge in [-0.1, -0.05) is 126 Å². The van der Waals surface area contributed by atoms with Gasteiger partial charge in [0.25, 0.3) is 0 Å². The van der Waals surface area contributed by atoms with Crippen LogP contribution in [0.2, 0.25) is 0 Å². The van der Waals surface area contributed by atoms with Crippen molar-refractivity contribution >= 4 is 140 Å². The van der Waals surface area contributed by atoms with Crippen LogP contribution >= 0.6 is 21.6 Å². The Balaban J connectivity index is 2.22. The van der Waals surface area contributed by atoms with E-state index >= 15 is 9.59 Å². The van der Waals surface area contributed by atoms with Crippen LogP contribution in [-0.4, -0.2) is 279 Å². The smallest absolute Gasteiger partial charge is 0.326 e. The largest absolute Gasteiger partial charge is 0.508 e. The molecule has 15 atom stereocenters. The van der Waals surface area contributed by atoms with Crippen LogP contribution in [0.15, 0.2) is 54.6 Å². The number of guanidine groups is 2. The number of aromatic hydroxyl groups is 1. The lowest BCUT2D eigenvalue weighted by Crippen LogP contribution is -2.62. The number of phenolic OH excluding ortho intramolecular Hbond substituents is 1. The standard InChI is InChI=1S/C78H123N23O23S2/c1-9-41(8)62(101-68(115)47(18-14-28-86-78(83)84)91-69(116)50(29-38(2)3)95-63(110)45(79)30-43-19-21-44(104)22-20-43)75(122)100-61(40(6)7)74(121)94-49(23-25-56(80)105)67(114)98-55-37-126-125-36-54(65(112)88-32-57(106)89-51(76(123)124)31-42-15-11-10-12-16-42)97-70(117)52(34-102)90-58(107)33-87-64(111)48(24-26-59(108)109)93-73(120)60(39(4)5)99-71(118)53(35-103)96-66(113)46(92-72(55)119)17-13-27-85-77(81)82/h10-12,15-16,19-22,38-41,45-55,60-62,102-104H,9,13-14,17-18,23-37,79H2,1-8H3,(H2,80,105)(H,87,111)(H,88,112)(H,89,106)(H,90,107)(H,91,116)(H,92,119)(H,93,120)(H,94,121)(H,95,110)(H,96,113)(H,97,117)(H,98,114)(H,99,118)(H,100,122)(H,101,115)(H,108,109)(H,123,124)(H4,81,82,85)(H4,83,84,86)/t41-,45-,46-,47-,48-,49-,50-,51-,52-,53-,54-,55-,60?,61-,62-/m0/s1. The number of aliphatic carboxylic acids is 2. The van der Waals surface area contributed by atoms with Gasteiger partial charge in [0.2, 0.25) is 94.5 Å². The molecule has 0 aliphatic carbocycles. The van der Waals surface area contributed by atoms with Crippen LogP contribution < -0.4 is 113 Å². The van der Waals surface area contributed by atoms with Gasteiger partial charge in [-0.2, -0.15) is 0 Å². The highest BCUT2D eigenvalue weighted by molar-refractivity contribution is 8.76. The van der Waals surface area contributed by atoms with Gasteiger partial charge < -0.3 is 139 Å². The number of nitrogens with two attached hydrogens (primary N) is 4. The maximum atomic E-state index is 15.1. The molecule has 0 saturated carbocycles. The van der Waals surface area contributed by atoms with Gasteiger partial charge in [-0.25, -0.2) is 4.79 Å². The van der Waals surface area contributed by atoms with E-state index < -0.39 is 291 Å². The number of hydrogen-bond acceptors (Lipinski definition) is 26. The first kappa shape index (κ1) is 108. The fraction of sp³-hybridized carbons (Fsp3) is 0.590. The third kappa shape index (κ3) is 40.2. The average Bonchev–Trinajstić information content (AvgIpc) is 0.834. The average molecular weight is 1820 g/mol. The molecule has 3 rings (SSSR count). The molecule has 1 unspecified atom stereocenters. The number of aliphatic hydroxyl groups is 2. The van der Waals surface area contributed by atoms with Crippen LogP contribution in [0.5, 0.6) is 5.75 Å². The van der Waals surface area contributed by atoms with Gasteiger partial charge >= 0.3 is 11.9 Å². The van der Waals surface area contributed by atoms with E-state index in [9.17, 15) is 102 Å². The zero-order valence-electron chi connectivity index (χ0n) is 71.4. The molecule has 126 heavy (non-hydrogen) atoms. The first-order valence-electron chi connectivity index (χ1n) is 40.8. The number of carbonyl (C=O) groups excluding carboxylic acids is 16. The number of amides is 16. The summed E-state index contributed by atoms with van der Waals surface area (Å²) < 4.78 is 0. The number of hydrogen-bond donors (Lipinski definition) is 28. The number of phenols is 1. The van der Waals surface area contributed by atoms with Crippen LogP contribution in [0.4, 0.5) is 0 Å². The number of rotatable bonds is 43. The van der Waals surface area contributed by atoms with Crippen molar-refractivity contribution in [2.75, 3.05) is 50.9 Å². The van der Waals surface area contributed by atoms with E-state index in [1.165, 1.54) is 39.8 Å². The molecule has 2 aromatic carbocycles. The van der Waals surface area contributed by atoms with Crippen LogP contribution in [0, 0.1) is 34.5 Å². The van der Waals surface area contributed by atoms with E-state index in [1.807, 2.05) is 0 Å². The summed E-state index contributed by atoms with van der Waals surface area (Å²) in [4.78, 5) is 251. The Kier molecular flexibility index (Phi) is 47.9. The Morgan fingerprint density at radius 3 is 1.64 bits per heavy atom. The van der Waals surface area contributed by atoms with Crippen molar-refractivity contribution in [1.29, 1.82) is 10.8 Å². The van der Waals surface area contributed by atoms with Crippen molar-refractivity contribution in [3.63, 3.8) is 0 Å². The van der Waals surface area contributed by atoms with Crippen LogP contribution in [0.25, 0.3) is 0 Å². The van der Waals surface area contributed by atoms with Crippen LogP contribution in [-0.2, 0) is 99.1 Å². The van der Waals surface area contributed by atoms with Crippen molar-refractivity contribution in [2.45, 2.75) is 217 Å². The minimum Gasteiger partial charge on any atom is -0.508 e. The fourth-order valence-corrected chi connectivity index (χ4v) is 14.5. The number of carboxylic acids is 2. The molecule has 1 fully saturated rings. The molecule has 0 radical (unpaired) electrons. The summed E-state index contributed by atoms with van der Waals surface area (Å²) in [6.45, 7) is 8.28. The number of nitrogens with one attached hydrogen (secondary N) is 19. The highest BCUT2D eigenvalue weighted by Crippen LogP contribution is 2.25. The zero-order valence-corrected chi connectivity index (χ0v) is 73.1. The zero-order chi connectivity index (χ0) is 94.6. The van der Waals surface area contributed by atoms with Gasteiger partial charge in [0.1, 0.15) is 84.3 Å². The van der Waals surface area contributed by atoms with Gasteiger partial charge in [0, 0.05) is 43.9 Å². The van der Waals surface area contributed by atoms with Gasteiger partial charge in [0.05, 0.1) is 32.3 Å². The first-order chi connectivity index (χ1) is 59.4. The van der Waals surface area contributed by atoms with Gasteiger partial charge in [-0.3, -0.25) is 92.3 Å². The number of aliphatic hydroxyl groups excluding tert-OH is 2. The second-order valence-corrected chi connectivity index (χ2v) is 33.5. The molecular weight excluding hydrogens is 1690 g/mol. The maximum absolute atomic E-state index is 15.1. The first-order valence-corrected chi connectivity index (χ1v) is 43.3. The lowest BCUT2D eigenvalue weighted by molar-refractivity contribution is -0.142. The topological polar surface area (TPSA) is 765 Å². The summed E-state index contributed by atoms with van der Waals surface area (Å²) in [5.74, 6) is -25.2. The monoisotopic (exact) mass is 1810 g/mol. The molecule has 46 nitrogen and oxygen atoms in total. The molecule has 16 amide bonds. The summed E-state index contributed by atoms with van der Waals surface area (Å²) in [6, 6.07) is -9.07. The van der Waals surface area contributed by atoms with Crippen LogP contribution in [0.3, 0.4) is 0 Å². The molecule has 48 heteroatoms. The molecule has 2 aromatic rings. The van der Waals surface area contributed by atoms with E-state index in [0.717, 1.165) is 0 Å². The SMILES string of the molecule is CC[C@H](C)[C@H](NC(=O)[C@H](CCCNC(=N)N)NC(=O)[C@H](CC(C)C)NC(=O)[C@@H](N)Cc1ccc(O)cc1)C(=O)N[C@H](C(=O)N[C@@H](CCC(N)=O)C(=O)N[C@H]1CSSC[C@@H](C(=O)NCC(=O)N[C@@H](Cc2ccccc2)C(=O)O)NC(=O)[C@H](CO)NC(=O)CNC(=O)[C@H](CCC(=O)O)NC(=O)C(C(C)C)NC(=O)[C@H](CO)NC(=O)[C@H](CCCNC(=N)N)NC1=O)C(C)C. The molecular formula is C78H123N23O23S2. The molecule has 0 aromatic heterocycles. The Bertz CT molecular complexity index is 4080. The second-order valence-electron chi connectivity index (χ2n) is 31.0. The minimum absolute atomic E-state index is 0.0164. The van der Waals surface area contributed by atoms with E-state index in [4.69, 9.17) is 33.8 Å². The summed E-state index contributed by atoms with van der Waals surface area (Å²) in [5, 5.41) is 107. The van der Waals surface area contributed by atoms with Crippen molar-refractivity contribution in [1.82, 2.24) is 90.4 Å². The Labute approximate surface area is 735 Å². The molecule has 32 N–H and O–H groups in total. The van der Waals surface area contributed by atoms with E-state index in [1.54, 1.807) is 70.2 Å². The quantitative estimate of drug-likeness (QED) is 0.0127. The van der Waals surface area contributed by atoms with E-state index in [-0.39, 0.29) is 69.7 Å². The summed E-state index contributed by atoms with van der Waals surface area (Å²) in [6.07, 6.45) is -3.08. The number of carboxylic acid groups (broad SMARTS) is 2. The lowest BCUT2D eigenvalue weighted by atomic mass is 9.95. The van der Waals surface area contributed by atoms with Gasteiger partial charge in [0.15, 0.2) is 11.9 Å². The molecule has 1 aliphatic heterocycles. The van der Waals surface area contributed by atoms with Gasteiger partial charge in [-0.15, -0.1) is 0 Å². The van der Waals surface area contributed by atoms with Crippen molar-refractivity contribution in [3.8, 4) is 5.75 Å². The molecule has 0 spiro atoms. The second kappa shape index (κ2) is 55.9. The predicted octanol–water partition coefficient (Wildman–Crippen LogP) is -7.44. The lowest BCUT2D eigenvalue weighted by Gasteiger charge is -2.31.